The fourth-order valence-corrected chi connectivity index (χ4v) is 0.771. The molecule has 0 saturated heterocycles. The number of nitrogens with zero attached hydrogens (tertiary/aromatic N) is 5. The SMILES string of the molecule is CC.Cc1ncnc2nncn12. The van der Waals surface area contributed by atoms with Crippen molar-refractivity contribution in [2.75, 3.05) is 0 Å². The Balaban J connectivity index is 0.000000336. The van der Waals surface area contributed by atoms with E-state index in [1.165, 1.54) is 6.33 Å². The van der Waals surface area contributed by atoms with E-state index in [2.05, 4.69) is 20.2 Å². The van der Waals surface area contributed by atoms with E-state index in [4.69, 9.17) is 0 Å². The topological polar surface area (TPSA) is 56.0 Å². The molecule has 5 nitrogen and oxygen atoms in total. The van der Waals surface area contributed by atoms with E-state index in [1.54, 1.807) is 10.7 Å². The highest BCUT2D eigenvalue weighted by Crippen LogP contribution is 1.93. The van der Waals surface area contributed by atoms with Gasteiger partial charge in [0.1, 0.15) is 18.5 Å². The van der Waals surface area contributed by atoms with Gasteiger partial charge in [0, 0.05) is 0 Å². The molecule has 0 aliphatic rings. The molecule has 0 aliphatic carbocycles. The second-order valence-corrected chi connectivity index (χ2v) is 1.92. The van der Waals surface area contributed by atoms with Crippen molar-refractivity contribution < 1.29 is 0 Å². The van der Waals surface area contributed by atoms with Gasteiger partial charge in [0.15, 0.2) is 0 Å². The van der Waals surface area contributed by atoms with Crippen LogP contribution in [0.2, 0.25) is 0 Å². The van der Waals surface area contributed by atoms with E-state index in [1.807, 2.05) is 20.8 Å². The van der Waals surface area contributed by atoms with Gasteiger partial charge in [-0.2, -0.15) is 4.98 Å². The number of hydrogen-bond acceptors (Lipinski definition) is 4. The van der Waals surface area contributed by atoms with Crippen molar-refractivity contribution in [3.8, 4) is 0 Å². The van der Waals surface area contributed by atoms with Crippen LogP contribution in [0.25, 0.3) is 5.78 Å². The first-order valence-electron chi connectivity index (χ1n) is 3.85. The lowest BCUT2D eigenvalue weighted by atomic mass is 10.7. The summed E-state index contributed by atoms with van der Waals surface area (Å²) in [5.41, 5.74) is 0. The van der Waals surface area contributed by atoms with Crippen LogP contribution in [0.15, 0.2) is 12.7 Å². The molecule has 0 bridgehead atoms. The maximum absolute atomic E-state index is 3.95. The van der Waals surface area contributed by atoms with Crippen LogP contribution in [0.3, 0.4) is 0 Å². The zero-order chi connectivity index (χ0) is 8.97. The Bertz CT molecular complexity index is 353. The molecule has 2 aromatic heterocycles. The fourth-order valence-electron chi connectivity index (χ4n) is 0.771. The molecule has 0 N–H and O–H groups in total. The highest BCUT2D eigenvalue weighted by atomic mass is 15.3. The molecule has 2 rings (SSSR count). The van der Waals surface area contributed by atoms with Gasteiger partial charge in [-0.15, -0.1) is 10.2 Å². The molecule has 0 aliphatic heterocycles. The summed E-state index contributed by atoms with van der Waals surface area (Å²) in [5, 5.41) is 7.41. The average Bonchev–Trinajstić information content (AvgIpc) is 2.57. The molecule has 0 fully saturated rings. The first-order chi connectivity index (χ1) is 5.88. The number of rotatable bonds is 0. The summed E-state index contributed by atoms with van der Waals surface area (Å²) in [6, 6.07) is 0. The summed E-state index contributed by atoms with van der Waals surface area (Å²) >= 11 is 0. The third kappa shape index (κ3) is 1.39. The van der Waals surface area contributed by atoms with Crippen LogP contribution in [0.4, 0.5) is 0 Å². The zero-order valence-corrected chi connectivity index (χ0v) is 7.39. The Morgan fingerprint density at radius 3 is 2.67 bits per heavy atom. The van der Waals surface area contributed by atoms with Crippen LogP contribution in [0, 0.1) is 6.92 Å². The van der Waals surface area contributed by atoms with Crippen LogP contribution in [-0.4, -0.2) is 24.6 Å². The van der Waals surface area contributed by atoms with Crippen LogP contribution >= 0.6 is 0 Å². The number of aromatic nitrogens is 5. The molecule has 12 heavy (non-hydrogen) atoms. The first kappa shape index (κ1) is 8.58. The molecule has 0 saturated carbocycles. The summed E-state index contributed by atoms with van der Waals surface area (Å²) in [6.07, 6.45) is 3.06. The Morgan fingerprint density at radius 1 is 1.25 bits per heavy atom. The van der Waals surface area contributed by atoms with Crippen molar-refractivity contribution in [2.45, 2.75) is 20.8 Å². The quantitative estimate of drug-likeness (QED) is 0.580. The van der Waals surface area contributed by atoms with Crippen LogP contribution in [0.1, 0.15) is 19.7 Å². The average molecular weight is 165 g/mol. The van der Waals surface area contributed by atoms with Crippen LogP contribution < -0.4 is 0 Å². The van der Waals surface area contributed by atoms with E-state index >= 15 is 0 Å². The van der Waals surface area contributed by atoms with Gasteiger partial charge in [-0.1, -0.05) is 13.8 Å². The van der Waals surface area contributed by atoms with Gasteiger partial charge in [-0.3, -0.25) is 4.40 Å². The van der Waals surface area contributed by atoms with E-state index in [9.17, 15) is 0 Å². The molecule has 0 amide bonds. The first-order valence-corrected chi connectivity index (χ1v) is 3.85. The smallest absolute Gasteiger partial charge is 0.253 e. The molecule has 0 atom stereocenters. The van der Waals surface area contributed by atoms with Crippen molar-refractivity contribution in [3.63, 3.8) is 0 Å². The molecular formula is C7H11N5. The second-order valence-electron chi connectivity index (χ2n) is 1.92. The van der Waals surface area contributed by atoms with Gasteiger partial charge in [0.25, 0.3) is 5.78 Å². The number of hydrogen-bond donors (Lipinski definition) is 0. The van der Waals surface area contributed by atoms with Crippen molar-refractivity contribution in [2.24, 2.45) is 0 Å². The van der Waals surface area contributed by atoms with Crippen LogP contribution in [0.5, 0.6) is 0 Å². The van der Waals surface area contributed by atoms with Crippen molar-refractivity contribution in [1.29, 1.82) is 0 Å². The minimum Gasteiger partial charge on any atom is -0.253 e. The monoisotopic (exact) mass is 165 g/mol. The van der Waals surface area contributed by atoms with E-state index < -0.39 is 0 Å². The predicted molar refractivity (Wildman–Crippen MR) is 44.7 cm³/mol. The minimum absolute atomic E-state index is 0.590. The molecule has 0 unspecified atom stereocenters. The van der Waals surface area contributed by atoms with Gasteiger partial charge in [-0.25, -0.2) is 4.98 Å². The molecule has 2 heterocycles. The van der Waals surface area contributed by atoms with E-state index in [0.29, 0.717) is 5.78 Å². The van der Waals surface area contributed by atoms with Gasteiger partial charge >= 0.3 is 0 Å². The van der Waals surface area contributed by atoms with Gasteiger partial charge in [-0.05, 0) is 6.92 Å². The molecule has 64 valence electrons. The molecule has 0 spiro atoms. The lowest BCUT2D eigenvalue weighted by Crippen LogP contribution is -1.94. The highest BCUT2D eigenvalue weighted by Gasteiger charge is 1.96. The number of aryl methyl sites for hydroxylation is 1. The normalized spacial score (nSPS) is 9.25. The molecular weight excluding hydrogens is 154 g/mol. The van der Waals surface area contributed by atoms with E-state index in [0.717, 1.165) is 5.82 Å². The molecule has 0 radical (unpaired) electrons. The Kier molecular flexibility index (Phi) is 2.68. The third-order valence-electron chi connectivity index (χ3n) is 1.30. The van der Waals surface area contributed by atoms with Crippen molar-refractivity contribution in [3.05, 3.63) is 18.5 Å². The summed E-state index contributed by atoms with van der Waals surface area (Å²) in [5.74, 6) is 1.43. The zero-order valence-electron chi connectivity index (χ0n) is 7.39. The molecule has 2 aromatic rings. The maximum atomic E-state index is 3.95. The van der Waals surface area contributed by atoms with Crippen molar-refractivity contribution >= 4 is 5.78 Å². The van der Waals surface area contributed by atoms with Crippen LogP contribution in [-0.2, 0) is 0 Å². The van der Waals surface area contributed by atoms with Gasteiger partial charge in [0.05, 0.1) is 0 Å². The summed E-state index contributed by atoms with van der Waals surface area (Å²) in [7, 11) is 0. The van der Waals surface area contributed by atoms with Crippen molar-refractivity contribution in [1.82, 2.24) is 24.6 Å². The highest BCUT2D eigenvalue weighted by molar-refractivity contribution is 5.23. The molecule has 5 heteroatoms. The third-order valence-corrected chi connectivity index (χ3v) is 1.30. The summed E-state index contributed by atoms with van der Waals surface area (Å²) in [4.78, 5) is 7.83. The standard InChI is InChI=1S/C5H5N5.C2H6/c1-4-6-2-7-5-9-8-3-10(4)5;1-2/h2-3H,1H3;1-2H3. The predicted octanol–water partition coefficient (Wildman–Crippen LogP) is 0.854. The minimum atomic E-state index is 0.590. The Labute approximate surface area is 70.5 Å². The maximum Gasteiger partial charge on any atom is 0.257 e. The largest absolute Gasteiger partial charge is 0.257 e. The lowest BCUT2D eigenvalue weighted by molar-refractivity contribution is 0.935. The second kappa shape index (κ2) is 3.75. The Morgan fingerprint density at radius 2 is 2.00 bits per heavy atom. The fraction of sp³-hybridized carbons (Fsp3) is 0.429. The van der Waals surface area contributed by atoms with Gasteiger partial charge in [0.2, 0.25) is 0 Å². The lowest BCUT2D eigenvalue weighted by Gasteiger charge is -1.91. The molecule has 0 aromatic carbocycles. The summed E-state index contributed by atoms with van der Waals surface area (Å²) < 4.78 is 1.72. The summed E-state index contributed by atoms with van der Waals surface area (Å²) in [6.45, 7) is 5.87. The number of fused-ring (bicyclic) bond motifs is 1. The van der Waals surface area contributed by atoms with Gasteiger partial charge < -0.3 is 0 Å². The Hall–Kier alpha value is -1.52. The van der Waals surface area contributed by atoms with E-state index in [-0.39, 0.29) is 0 Å².